The van der Waals surface area contributed by atoms with Crippen molar-refractivity contribution in [2.45, 2.75) is 103 Å². The van der Waals surface area contributed by atoms with Crippen LogP contribution in [0.15, 0.2) is 0 Å². The number of fused-ring (bicyclic) bond motifs is 3. The van der Waals surface area contributed by atoms with Crippen molar-refractivity contribution in [3.63, 3.8) is 0 Å². The van der Waals surface area contributed by atoms with E-state index in [1.165, 1.54) is 13.8 Å². The number of aliphatic hydroxyl groups is 3. The number of hydrogen-bond acceptors (Lipinski definition) is 7. The molecular weight excluding hydrogens is 364 g/mol. The van der Waals surface area contributed by atoms with Crippen LogP contribution in [-0.2, 0) is 19.1 Å². The molecule has 1 unspecified atom stereocenters. The summed E-state index contributed by atoms with van der Waals surface area (Å²) in [5.41, 5.74) is -6.63. The number of rotatable bonds is 1. The molecule has 0 spiro atoms. The minimum atomic E-state index is -2.13. The smallest absolute Gasteiger partial charge is 0.303 e. The minimum Gasteiger partial charge on any atom is -0.457 e. The summed E-state index contributed by atoms with van der Waals surface area (Å²) in [6.07, 6.45) is -2.54. The topological polar surface area (TPSA) is 113 Å². The second-order valence-electron chi connectivity index (χ2n) is 10.6. The summed E-state index contributed by atoms with van der Waals surface area (Å²) in [6, 6.07) is 0. The third-order valence-corrected chi connectivity index (χ3v) is 7.71. The SMILES string of the molecule is CC(=O)O[C@H]1[C@@H](O)C2C(C)(C)CC[C@H](O)[C@]2(C)[C@@]2(O)C(=O)CC(C)(C)O[C@]12C. The molecule has 7 atom stereocenters. The van der Waals surface area contributed by atoms with Crippen molar-refractivity contribution in [3.8, 4) is 0 Å². The van der Waals surface area contributed by atoms with Gasteiger partial charge in [0.15, 0.2) is 17.5 Å². The van der Waals surface area contributed by atoms with E-state index >= 15 is 0 Å². The number of esters is 1. The summed E-state index contributed by atoms with van der Waals surface area (Å²) >= 11 is 0. The van der Waals surface area contributed by atoms with Crippen molar-refractivity contribution in [3.05, 3.63) is 0 Å². The molecule has 0 bridgehead atoms. The van der Waals surface area contributed by atoms with E-state index in [1.54, 1.807) is 20.8 Å². The Labute approximate surface area is 166 Å². The van der Waals surface area contributed by atoms with Crippen LogP contribution in [0.4, 0.5) is 0 Å². The van der Waals surface area contributed by atoms with E-state index in [0.717, 1.165) is 0 Å². The lowest BCUT2D eigenvalue weighted by molar-refractivity contribution is -0.373. The van der Waals surface area contributed by atoms with Crippen LogP contribution >= 0.6 is 0 Å². The molecule has 7 nitrogen and oxygen atoms in total. The first-order valence-electron chi connectivity index (χ1n) is 10.0. The average molecular weight is 398 g/mol. The van der Waals surface area contributed by atoms with Gasteiger partial charge in [-0.2, -0.15) is 0 Å². The summed E-state index contributed by atoms with van der Waals surface area (Å²) in [6.45, 7) is 11.7. The van der Waals surface area contributed by atoms with E-state index in [-0.39, 0.29) is 6.42 Å². The first kappa shape index (κ1) is 21.7. The maximum atomic E-state index is 13.5. The van der Waals surface area contributed by atoms with Crippen LogP contribution in [0.5, 0.6) is 0 Å². The van der Waals surface area contributed by atoms with Gasteiger partial charge in [-0.15, -0.1) is 0 Å². The molecule has 28 heavy (non-hydrogen) atoms. The Morgan fingerprint density at radius 3 is 2.25 bits per heavy atom. The molecule has 0 amide bonds. The summed E-state index contributed by atoms with van der Waals surface area (Å²) in [7, 11) is 0. The number of ketones is 1. The van der Waals surface area contributed by atoms with Gasteiger partial charge in [-0.05, 0) is 39.0 Å². The monoisotopic (exact) mass is 398 g/mol. The Bertz CT molecular complexity index is 701. The Morgan fingerprint density at radius 1 is 1.14 bits per heavy atom. The van der Waals surface area contributed by atoms with E-state index in [1.807, 2.05) is 13.8 Å². The van der Waals surface area contributed by atoms with E-state index in [0.29, 0.717) is 12.8 Å². The largest absolute Gasteiger partial charge is 0.457 e. The molecule has 1 aliphatic heterocycles. The molecule has 2 aliphatic carbocycles. The highest BCUT2D eigenvalue weighted by Crippen LogP contribution is 2.66. The zero-order chi connectivity index (χ0) is 21.5. The highest BCUT2D eigenvalue weighted by molar-refractivity contribution is 5.92. The first-order valence-corrected chi connectivity index (χ1v) is 10.0. The minimum absolute atomic E-state index is 0.0442. The standard InChI is InChI=1S/C21H34O7/c1-11(22)27-16-14(25)15-17(2,3)9-8-12(23)19(15,6)21(26)13(24)10-18(4,5)28-20(16,21)7/h12,14-16,23,25-26H,8-10H2,1-7H3/t12-,14-,15?,16-,19-,20+,21-/m0/s1. The van der Waals surface area contributed by atoms with E-state index in [4.69, 9.17) is 9.47 Å². The average Bonchev–Trinajstić information content (AvgIpc) is 2.51. The van der Waals surface area contributed by atoms with Gasteiger partial charge in [0.25, 0.3) is 0 Å². The molecule has 3 rings (SSSR count). The molecular formula is C21H34O7. The van der Waals surface area contributed by atoms with Gasteiger partial charge in [-0.1, -0.05) is 20.8 Å². The molecule has 3 aliphatic rings. The lowest BCUT2D eigenvalue weighted by atomic mass is 9.40. The first-order chi connectivity index (χ1) is 12.5. The van der Waals surface area contributed by atoms with Gasteiger partial charge in [0.1, 0.15) is 5.60 Å². The fraction of sp³-hybridized carbons (Fsp3) is 0.905. The van der Waals surface area contributed by atoms with Crippen molar-refractivity contribution in [1.82, 2.24) is 0 Å². The second-order valence-corrected chi connectivity index (χ2v) is 10.6. The van der Waals surface area contributed by atoms with Gasteiger partial charge < -0.3 is 24.8 Å². The molecule has 1 heterocycles. The maximum Gasteiger partial charge on any atom is 0.303 e. The summed E-state index contributed by atoms with van der Waals surface area (Å²) in [5, 5.41) is 34.5. The number of carbonyl (C=O) groups is 2. The van der Waals surface area contributed by atoms with Crippen molar-refractivity contribution in [1.29, 1.82) is 0 Å². The van der Waals surface area contributed by atoms with Crippen LogP contribution in [0.2, 0.25) is 0 Å². The van der Waals surface area contributed by atoms with Crippen molar-refractivity contribution in [2.75, 3.05) is 0 Å². The van der Waals surface area contributed by atoms with Gasteiger partial charge >= 0.3 is 5.97 Å². The van der Waals surface area contributed by atoms with Gasteiger partial charge in [-0.25, -0.2) is 0 Å². The summed E-state index contributed by atoms with van der Waals surface area (Å²) < 4.78 is 11.7. The summed E-state index contributed by atoms with van der Waals surface area (Å²) in [5.74, 6) is -1.77. The third-order valence-electron chi connectivity index (χ3n) is 7.71. The van der Waals surface area contributed by atoms with Crippen LogP contribution in [0.25, 0.3) is 0 Å². The van der Waals surface area contributed by atoms with Crippen LogP contribution in [-0.4, -0.2) is 62.2 Å². The molecule has 3 fully saturated rings. The Morgan fingerprint density at radius 2 is 1.71 bits per heavy atom. The molecule has 2 saturated carbocycles. The van der Waals surface area contributed by atoms with E-state index in [9.17, 15) is 24.9 Å². The van der Waals surface area contributed by atoms with E-state index in [2.05, 4.69) is 0 Å². The third kappa shape index (κ3) is 2.49. The molecule has 0 aromatic carbocycles. The van der Waals surface area contributed by atoms with Crippen LogP contribution in [0, 0.1) is 16.7 Å². The lowest BCUT2D eigenvalue weighted by Gasteiger charge is -2.71. The molecule has 3 N–H and O–H groups in total. The zero-order valence-electron chi connectivity index (χ0n) is 17.9. The van der Waals surface area contributed by atoms with Gasteiger partial charge in [-0.3, -0.25) is 9.59 Å². The maximum absolute atomic E-state index is 13.5. The number of Topliss-reactive ketones (excluding diaryl/α,β-unsaturated/α-hetero) is 1. The van der Waals surface area contributed by atoms with Gasteiger partial charge in [0, 0.05) is 24.7 Å². The highest BCUT2D eigenvalue weighted by Gasteiger charge is 2.81. The predicted octanol–water partition coefficient (Wildman–Crippen LogP) is 1.35. The van der Waals surface area contributed by atoms with Crippen LogP contribution < -0.4 is 0 Å². The quantitative estimate of drug-likeness (QED) is 0.572. The Hall–Kier alpha value is -1.02. The molecule has 7 heteroatoms. The fourth-order valence-corrected chi connectivity index (χ4v) is 6.70. The second kappa shape index (κ2) is 6.00. The van der Waals surface area contributed by atoms with Gasteiger partial charge in [0.2, 0.25) is 0 Å². The normalized spacial score (nSPS) is 49.7. The molecule has 160 valence electrons. The molecule has 0 radical (unpaired) electrons. The zero-order valence-corrected chi connectivity index (χ0v) is 17.9. The molecule has 0 aromatic heterocycles. The number of hydrogen-bond donors (Lipinski definition) is 3. The van der Waals surface area contributed by atoms with Crippen molar-refractivity contribution < 1.29 is 34.4 Å². The number of carbonyl (C=O) groups excluding carboxylic acids is 2. The Balaban J connectivity index is 2.32. The fourth-order valence-electron chi connectivity index (χ4n) is 6.70. The number of ether oxygens (including phenoxy) is 2. The van der Waals surface area contributed by atoms with E-state index < -0.39 is 63.6 Å². The van der Waals surface area contributed by atoms with Crippen LogP contribution in [0.1, 0.15) is 67.7 Å². The summed E-state index contributed by atoms with van der Waals surface area (Å²) in [4.78, 5) is 25.3. The van der Waals surface area contributed by atoms with Crippen molar-refractivity contribution in [2.24, 2.45) is 16.7 Å². The van der Waals surface area contributed by atoms with Crippen LogP contribution in [0.3, 0.4) is 0 Å². The Kier molecular flexibility index (Phi) is 4.65. The molecule has 1 saturated heterocycles. The number of aliphatic hydroxyl groups excluding tert-OH is 2. The van der Waals surface area contributed by atoms with Gasteiger partial charge in [0.05, 0.1) is 17.8 Å². The van der Waals surface area contributed by atoms with Crippen molar-refractivity contribution >= 4 is 11.8 Å². The molecule has 0 aromatic rings. The predicted molar refractivity (Wildman–Crippen MR) is 100 cm³/mol. The highest BCUT2D eigenvalue weighted by atomic mass is 16.6. The lowest BCUT2D eigenvalue weighted by Crippen LogP contribution is -2.86.